The number of carboxylic acid groups (broad SMARTS) is 3. The van der Waals surface area contributed by atoms with Crippen LogP contribution in [-0.2, 0) is 31.5 Å². The van der Waals surface area contributed by atoms with Crippen molar-refractivity contribution in [2.45, 2.75) is 292 Å². The summed E-state index contributed by atoms with van der Waals surface area (Å²) in [7, 11) is 0. The number of rotatable bonds is 12. The summed E-state index contributed by atoms with van der Waals surface area (Å²) in [6.45, 7) is 20.8. The second-order valence-corrected chi connectivity index (χ2v) is 33.8. The van der Waals surface area contributed by atoms with Crippen LogP contribution in [0.15, 0.2) is 0 Å². The van der Waals surface area contributed by atoms with Crippen molar-refractivity contribution in [3.05, 3.63) is 0 Å². The van der Waals surface area contributed by atoms with Crippen LogP contribution < -0.4 is 15.3 Å². The number of fused-ring (bicyclic) bond motifs is 15. The van der Waals surface area contributed by atoms with Crippen molar-refractivity contribution in [2.24, 2.45) is 139 Å². The minimum atomic E-state index is -0.957. The van der Waals surface area contributed by atoms with Crippen LogP contribution in [0.3, 0.4) is 0 Å². The number of carbonyl (C=O) groups is 3. The van der Waals surface area contributed by atoms with Gasteiger partial charge in [0.25, 0.3) is 0 Å². The molecule has 1 radical (unpaired) electrons. The molecule has 12 nitrogen and oxygen atoms in total. The van der Waals surface area contributed by atoms with Gasteiger partial charge in [0.15, 0.2) is 0 Å². The molecule has 12 aliphatic rings. The van der Waals surface area contributed by atoms with Crippen LogP contribution in [0.1, 0.15) is 255 Å². The number of aliphatic carboxylic acids is 3. The second kappa shape index (κ2) is 26.0. The molecule has 6 N–H and O–H groups in total. The summed E-state index contributed by atoms with van der Waals surface area (Å²) >= 11 is 0. The molecule has 12 aliphatic carbocycles. The molecule has 9 unspecified atom stereocenters. The van der Waals surface area contributed by atoms with E-state index < -0.39 is 17.9 Å². The third-order valence-corrected chi connectivity index (χ3v) is 30.9. The molecule has 0 aromatic carbocycles. The fraction of sp³-hybridized carbons (Fsp3) is 0.958. The molecule has 12 fully saturated rings. The minimum Gasteiger partial charge on any atom is -0.550 e. The topological polar surface area (TPSA) is 242 Å². The molecule has 12 saturated carbocycles. The van der Waals surface area contributed by atoms with E-state index in [-0.39, 0.29) is 105 Å². The van der Waals surface area contributed by atoms with Crippen molar-refractivity contribution < 1.29 is 77.4 Å². The number of aliphatic hydroxyl groups is 6. The van der Waals surface area contributed by atoms with Crippen molar-refractivity contribution in [2.75, 3.05) is 0 Å². The first kappa shape index (κ1) is 68.1. The first-order chi connectivity index (χ1) is 39.5. The summed E-state index contributed by atoms with van der Waals surface area (Å²) in [6, 6.07) is 0. The van der Waals surface area contributed by atoms with Gasteiger partial charge in [-0.1, -0.05) is 62.3 Å². The Morgan fingerprint density at radius 1 is 0.365 bits per heavy atom. The van der Waals surface area contributed by atoms with Gasteiger partial charge in [0.2, 0.25) is 0 Å². The van der Waals surface area contributed by atoms with E-state index in [1.54, 1.807) is 0 Å². The van der Waals surface area contributed by atoms with E-state index in [2.05, 4.69) is 62.3 Å². The van der Waals surface area contributed by atoms with Gasteiger partial charge in [-0.15, -0.1) is 0 Å². The van der Waals surface area contributed by atoms with Crippen LogP contribution >= 0.6 is 0 Å². The smallest absolute Gasteiger partial charge is 0.550 e. The Labute approximate surface area is 523 Å². The Kier molecular flexibility index (Phi) is 20.8. The van der Waals surface area contributed by atoms with E-state index in [1.165, 1.54) is 57.8 Å². The standard InChI is InChI=1S/3C24H40O4.Fe/c3*1-14(4-9-22(27)28)18-7-8-19-17-6-5-15-12-16(25)10-11-23(15,2)20(17)13-21(26)24(18,19)3;/h3*14-21,25-26H,4-13H2,1-3H3,(H,27,28);/q;;;+3/p-3/t3*14-,15-,16-,17?,18-,19?,20?,21+,23+,24-;/m111./s1. The van der Waals surface area contributed by atoms with Gasteiger partial charge in [-0.2, -0.15) is 0 Å². The largest absolute Gasteiger partial charge is 3.00 e. The van der Waals surface area contributed by atoms with Gasteiger partial charge in [0.1, 0.15) is 0 Å². The van der Waals surface area contributed by atoms with Crippen LogP contribution in [0.25, 0.3) is 0 Å². The van der Waals surface area contributed by atoms with Crippen molar-refractivity contribution in [1.82, 2.24) is 0 Å². The predicted octanol–water partition coefficient (Wildman–Crippen LogP) is 9.43. The van der Waals surface area contributed by atoms with Crippen LogP contribution in [0.2, 0.25) is 0 Å². The number of hydrogen-bond acceptors (Lipinski definition) is 12. The number of aliphatic hydroxyl groups excluding tert-OH is 6. The molecule has 0 aliphatic heterocycles. The maximum atomic E-state index is 11.5. The minimum absolute atomic E-state index is 0. The molecular weight excluding hydrogens is 1110 g/mol. The van der Waals surface area contributed by atoms with Crippen molar-refractivity contribution >= 4 is 17.9 Å². The van der Waals surface area contributed by atoms with Gasteiger partial charge in [-0.05, 0) is 332 Å². The van der Waals surface area contributed by atoms with E-state index in [9.17, 15) is 60.3 Å². The summed E-state index contributed by atoms with van der Waals surface area (Å²) in [5.74, 6) is 6.56. The Morgan fingerprint density at radius 2 is 0.612 bits per heavy atom. The van der Waals surface area contributed by atoms with E-state index in [4.69, 9.17) is 0 Å². The maximum Gasteiger partial charge on any atom is 3.00 e. The van der Waals surface area contributed by atoms with Gasteiger partial charge < -0.3 is 60.3 Å². The predicted molar refractivity (Wildman–Crippen MR) is 318 cm³/mol. The van der Waals surface area contributed by atoms with Gasteiger partial charge >= 0.3 is 17.1 Å². The van der Waals surface area contributed by atoms with E-state index in [0.29, 0.717) is 126 Å². The number of hydrogen-bond donors (Lipinski definition) is 6. The summed E-state index contributed by atoms with van der Waals surface area (Å²) in [6.07, 6.45) is 26.9. The summed E-state index contributed by atoms with van der Waals surface area (Å²) in [5.41, 5.74) is 0.563. The van der Waals surface area contributed by atoms with E-state index >= 15 is 0 Å². The molecule has 13 heteroatoms. The van der Waals surface area contributed by atoms with Crippen molar-refractivity contribution in [1.29, 1.82) is 0 Å². The fourth-order valence-electron chi connectivity index (χ4n) is 26.1. The zero-order chi connectivity index (χ0) is 60.8. The molecule has 0 aromatic rings. The molecule has 85 heavy (non-hydrogen) atoms. The fourth-order valence-corrected chi connectivity index (χ4v) is 26.1. The molecule has 30 atom stereocenters. The third-order valence-electron chi connectivity index (χ3n) is 30.9. The maximum absolute atomic E-state index is 11.5. The first-order valence-corrected chi connectivity index (χ1v) is 35.2. The number of carboxylic acids is 3. The van der Waals surface area contributed by atoms with Gasteiger partial charge in [-0.25, -0.2) is 0 Å². The number of carbonyl (C=O) groups excluding carboxylic acids is 3. The Hall–Kier alpha value is -1.31. The average Bonchev–Trinajstić information content (AvgIpc) is 1.74. The summed E-state index contributed by atoms with van der Waals surface area (Å²) < 4.78 is 0. The summed E-state index contributed by atoms with van der Waals surface area (Å²) in [4.78, 5) is 32.8. The van der Waals surface area contributed by atoms with Gasteiger partial charge in [-0.3, -0.25) is 0 Å². The molecular formula is C72H117FeO12. The molecule has 0 bridgehead atoms. The van der Waals surface area contributed by atoms with Crippen LogP contribution in [0.5, 0.6) is 0 Å². The third kappa shape index (κ3) is 12.0. The Bertz CT molecular complexity index is 2070. The molecule has 485 valence electrons. The average molecular weight is 1230 g/mol. The molecule has 0 aromatic heterocycles. The van der Waals surface area contributed by atoms with Crippen molar-refractivity contribution in [3.8, 4) is 0 Å². The Balaban J connectivity index is 0.000000152. The summed E-state index contributed by atoms with van der Waals surface area (Å²) in [5, 5.41) is 97.8. The van der Waals surface area contributed by atoms with Crippen molar-refractivity contribution in [3.63, 3.8) is 0 Å². The van der Waals surface area contributed by atoms with E-state index in [0.717, 1.165) is 96.3 Å². The molecule has 0 saturated heterocycles. The monoisotopic (exact) mass is 1230 g/mol. The van der Waals surface area contributed by atoms with Gasteiger partial charge in [0, 0.05) is 17.9 Å². The van der Waals surface area contributed by atoms with Crippen LogP contribution in [0, 0.1) is 139 Å². The zero-order valence-electron chi connectivity index (χ0n) is 54.1. The molecule has 12 rings (SSSR count). The van der Waals surface area contributed by atoms with E-state index in [1.807, 2.05) is 0 Å². The molecule has 0 heterocycles. The zero-order valence-corrected chi connectivity index (χ0v) is 55.2. The Morgan fingerprint density at radius 3 is 0.847 bits per heavy atom. The van der Waals surface area contributed by atoms with Gasteiger partial charge in [0.05, 0.1) is 36.6 Å². The second-order valence-electron chi connectivity index (χ2n) is 33.8. The SMILES string of the molecule is C[C@H](CCC(=O)[O-])[C@H]1CCC2C3CC[C@@H]4C[C@H](O)CC[C@]4(C)C3C[C@H](O)[C@@]21C.C[C@H](CCC(=O)[O-])[C@H]1CCC2C3CC[C@@H]4C[C@H](O)CC[C@]4(C)C3C[C@H](O)[C@@]21C.C[C@H](CCC(=O)[O-])[C@H]1CCC2C3CC[C@@H]4C[C@H](O)CC[C@]4(C)C3C[C@H](O)[C@@]21C.[Fe+3]. The van der Waals surface area contributed by atoms with Crippen LogP contribution in [0.4, 0.5) is 0 Å². The molecule has 0 spiro atoms. The quantitative estimate of drug-likeness (QED) is 0.100. The molecule has 0 amide bonds. The normalized spacial score (nSPS) is 51.1. The first-order valence-electron chi connectivity index (χ1n) is 35.2. The van der Waals surface area contributed by atoms with Crippen LogP contribution in [-0.4, -0.2) is 85.2 Å².